The molecule has 1 aromatic carbocycles. The Kier molecular flexibility index (Phi) is 6.35. The maximum absolute atomic E-state index is 13.7. The predicted molar refractivity (Wildman–Crippen MR) is 125 cm³/mol. The van der Waals surface area contributed by atoms with Crippen molar-refractivity contribution in [1.29, 1.82) is 0 Å². The summed E-state index contributed by atoms with van der Waals surface area (Å²) >= 11 is 1.45. The van der Waals surface area contributed by atoms with Crippen LogP contribution in [0.2, 0.25) is 0 Å². The van der Waals surface area contributed by atoms with Gasteiger partial charge in [-0.05, 0) is 48.6 Å². The quantitative estimate of drug-likeness (QED) is 0.556. The van der Waals surface area contributed by atoms with Crippen molar-refractivity contribution in [2.45, 2.75) is 44.2 Å². The van der Waals surface area contributed by atoms with E-state index in [1.165, 1.54) is 28.9 Å². The van der Waals surface area contributed by atoms with E-state index >= 15 is 0 Å². The Morgan fingerprint density at radius 2 is 1.82 bits per heavy atom. The molecular weight excluding hydrogens is 440 g/mol. The maximum atomic E-state index is 13.7. The molecule has 33 heavy (non-hydrogen) atoms. The van der Waals surface area contributed by atoms with Gasteiger partial charge >= 0.3 is 0 Å². The molecule has 1 fully saturated rings. The molecule has 0 bridgehead atoms. The molecule has 1 N–H and O–H groups in total. The summed E-state index contributed by atoms with van der Waals surface area (Å²) in [5.74, 6) is 0.744. The number of carbonyl (C=O) groups excluding carboxylic acids is 2. The fourth-order valence-corrected chi connectivity index (χ4v) is 5.24. The number of hydrogen-bond donors (Lipinski definition) is 1. The van der Waals surface area contributed by atoms with Gasteiger partial charge in [-0.15, -0.1) is 11.3 Å². The first-order chi connectivity index (χ1) is 16.2. The van der Waals surface area contributed by atoms with Crippen LogP contribution in [-0.4, -0.2) is 31.1 Å². The summed E-state index contributed by atoms with van der Waals surface area (Å²) in [4.78, 5) is 29.7. The van der Waals surface area contributed by atoms with Gasteiger partial charge in [-0.25, -0.2) is 0 Å². The van der Waals surface area contributed by atoms with Crippen LogP contribution < -0.4 is 19.7 Å². The molecule has 172 valence electrons. The predicted octanol–water partition coefficient (Wildman–Crippen LogP) is 4.95. The molecule has 2 aliphatic rings. The van der Waals surface area contributed by atoms with Gasteiger partial charge in [0.2, 0.25) is 5.91 Å². The minimum absolute atomic E-state index is 0.120. The maximum Gasteiger partial charge on any atom is 0.295 e. The lowest BCUT2D eigenvalue weighted by Crippen LogP contribution is -2.47. The Morgan fingerprint density at radius 1 is 1.00 bits per heavy atom. The number of amides is 2. The average Bonchev–Trinajstić information content (AvgIpc) is 3.57. The molecule has 0 saturated heterocycles. The molecule has 8 heteroatoms. The summed E-state index contributed by atoms with van der Waals surface area (Å²) in [5, 5.41) is 5.12. The first-order valence-corrected chi connectivity index (χ1v) is 12.2. The smallest absolute Gasteiger partial charge is 0.295 e. The zero-order chi connectivity index (χ0) is 22.6. The third-order valence-electron chi connectivity index (χ3n) is 6.03. The van der Waals surface area contributed by atoms with E-state index in [1.807, 2.05) is 17.5 Å². The van der Waals surface area contributed by atoms with Gasteiger partial charge in [0.1, 0.15) is 13.2 Å². The van der Waals surface area contributed by atoms with E-state index in [0.717, 1.165) is 30.6 Å². The van der Waals surface area contributed by atoms with Crippen LogP contribution in [0.15, 0.2) is 58.5 Å². The number of rotatable bonds is 6. The fraction of sp³-hybridized carbons (Fsp3) is 0.360. The molecular formula is C25H26N2O5S. The second-order valence-electron chi connectivity index (χ2n) is 8.24. The summed E-state index contributed by atoms with van der Waals surface area (Å²) in [6.07, 6.45) is 6.77. The van der Waals surface area contributed by atoms with Crippen molar-refractivity contribution in [3.8, 4) is 11.5 Å². The molecule has 1 saturated carbocycles. The first-order valence-electron chi connectivity index (χ1n) is 11.3. The van der Waals surface area contributed by atoms with E-state index in [9.17, 15) is 9.59 Å². The number of anilines is 1. The number of carbonyl (C=O) groups is 2. The van der Waals surface area contributed by atoms with E-state index < -0.39 is 11.9 Å². The highest BCUT2D eigenvalue weighted by molar-refractivity contribution is 7.10. The van der Waals surface area contributed by atoms with E-state index in [0.29, 0.717) is 30.4 Å². The second kappa shape index (κ2) is 9.70. The summed E-state index contributed by atoms with van der Waals surface area (Å²) in [6, 6.07) is 11.6. The van der Waals surface area contributed by atoms with Gasteiger partial charge < -0.3 is 19.2 Å². The van der Waals surface area contributed by atoms with Crippen molar-refractivity contribution >= 4 is 28.8 Å². The summed E-state index contributed by atoms with van der Waals surface area (Å²) in [5.41, 5.74) is 0.540. The van der Waals surface area contributed by atoms with Gasteiger partial charge in [-0.3, -0.25) is 14.5 Å². The van der Waals surface area contributed by atoms with Crippen molar-refractivity contribution in [3.05, 3.63) is 64.7 Å². The molecule has 5 rings (SSSR count). The Morgan fingerprint density at radius 3 is 2.55 bits per heavy atom. The molecule has 3 heterocycles. The minimum atomic E-state index is -0.841. The minimum Gasteiger partial charge on any atom is -0.486 e. The summed E-state index contributed by atoms with van der Waals surface area (Å²) in [6.45, 7) is 0.905. The van der Waals surface area contributed by atoms with Crippen LogP contribution in [0.25, 0.3) is 0 Å². The van der Waals surface area contributed by atoms with Crippen LogP contribution in [0.5, 0.6) is 11.5 Å². The van der Waals surface area contributed by atoms with Gasteiger partial charge in [0.25, 0.3) is 5.91 Å². The van der Waals surface area contributed by atoms with Gasteiger partial charge in [-0.1, -0.05) is 25.3 Å². The number of thiophene rings is 1. The Bertz CT molecular complexity index is 1090. The van der Waals surface area contributed by atoms with E-state index in [2.05, 4.69) is 5.32 Å². The Balaban J connectivity index is 1.56. The standard InChI is InChI=1S/C25H26N2O5S/c28-24(26-17-6-2-1-3-7-17)23(22-9-5-15-33-22)27(25(29)20-8-4-12-30-20)18-10-11-19-21(16-18)32-14-13-31-19/h4-5,8-12,15-17,23H,1-3,6-7,13-14H2,(H,26,28)/t23-/m0/s1. The van der Waals surface area contributed by atoms with Crippen LogP contribution in [0.4, 0.5) is 5.69 Å². The molecule has 0 radical (unpaired) electrons. The van der Waals surface area contributed by atoms with Crippen molar-refractivity contribution in [2.24, 2.45) is 0 Å². The van der Waals surface area contributed by atoms with Crippen molar-refractivity contribution in [1.82, 2.24) is 5.32 Å². The Hall–Kier alpha value is -3.26. The van der Waals surface area contributed by atoms with Crippen molar-refractivity contribution in [2.75, 3.05) is 18.1 Å². The SMILES string of the molecule is O=C(NC1CCCCC1)[C@H](c1cccs1)N(C(=O)c1ccco1)c1ccc2c(c1)OCCO2. The largest absolute Gasteiger partial charge is 0.486 e. The number of nitrogens with zero attached hydrogens (tertiary/aromatic N) is 1. The van der Waals surface area contributed by atoms with Crippen molar-refractivity contribution < 1.29 is 23.5 Å². The zero-order valence-corrected chi connectivity index (χ0v) is 19.0. The van der Waals surface area contributed by atoms with E-state index in [1.54, 1.807) is 30.3 Å². The Labute approximate surface area is 196 Å². The van der Waals surface area contributed by atoms with Crippen molar-refractivity contribution in [3.63, 3.8) is 0 Å². The molecule has 0 spiro atoms. The van der Waals surface area contributed by atoms with Gasteiger partial charge in [-0.2, -0.15) is 0 Å². The molecule has 1 aliphatic heterocycles. The third kappa shape index (κ3) is 4.61. The lowest BCUT2D eigenvalue weighted by Gasteiger charge is -2.32. The van der Waals surface area contributed by atoms with Crippen LogP contribution in [0.3, 0.4) is 0 Å². The van der Waals surface area contributed by atoms with Crippen LogP contribution in [0, 0.1) is 0 Å². The highest BCUT2D eigenvalue weighted by atomic mass is 32.1. The van der Waals surface area contributed by atoms with Gasteiger partial charge in [0, 0.05) is 22.7 Å². The molecule has 2 aromatic heterocycles. The number of fused-ring (bicyclic) bond motifs is 1. The molecule has 2 amide bonds. The lowest BCUT2D eigenvalue weighted by molar-refractivity contribution is -0.123. The first kappa shape index (κ1) is 21.6. The topological polar surface area (TPSA) is 81.0 Å². The summed E-state index contributed by atoms with van der Waals surface area (Å²) in [7, 11) is 0. The van der Waals surface area contributed by atoms with Gasteiger partial charge in [0.05, 0.1) is 6.26 Å². The second-order valence-corrected chi connectivity index (χ2v) is 9.22. The number of benzene rings is 1. The number of nitrogens with one attached hydrogen (secondary N) is 1. The van der Waals surface area contributed by atoms with E-state index in [-0.39, 0.29) is 17.7 Å². The molecule has 3 aromatic rings. The fourth-order valence-electron chi connectivity index (χ4n) is 4.43. The number of ether oxygens (including phenoxy) is 2. The lowest BCUT2D eigenvalue weighted by atomic mass is 9.95. The summed E-state index contributed by atoms with van der Waals surface area (Å²) < 4.78 is 16.8. The van der Waals surface area contributed by atoms with Gasteiger partial charge in [0.15, 0.2) is 23.3 Å². The number of furan rings is 1. The molecule has 1 aliphatic carbocycles. The normalized spacial score (nSPS) is 16.7. The third-order valence-corrected chi connectivity index (χ3v) is 6.95. The van der Waals surface area contributed by atoms with Crippen LogP contribution in [0.1, 0.15) is 53.6 Å². The van der Waals surface area contributed by atoms with Crippen LogP contribution in [-0.2, 0) is 4.79 Å². The highest BCUT2D eigenvalue weighted by Crippen LogP contribution is 2.38. The molecule has 1 atom stereocenters. The average molecular weight is 467 g/mol. The number of hydrogen-bond acceptors (Lipinski definition) is 6. The highest BCUT2D eigenvalue weighted by Gasteiger charge is 2.36. The van der Waals surface area contributed by atoms with Crippen LogP contribution >= 0.6 is 11.3 Å². The zero-order valence-electron chi connectivity index (χ0n) is 18.2. The van der Waals surface area contributed by atoms with E-state index in [4.69, 9.17) is 13.9 Å². The molecule has 7 nitrogen and oxygen atoms in total. The molecule has 0 unspecified atom stereocenters. The monoisotopic (exact) mass is 466 g/mol.